The highest BCUT2D eigenvalue weighted by molar-refractivity contribution is 5.87. The van der Waals surface area contributed by atoms with Gasteiger partial charge in [-0.1, -0.05) is 6.07 Å². The molecular weight excluding hydrogens is 237 g/mol. The van der Waals surface area contributed by atoms with Crippen LogP contribution in [0.1, 0.15) is 28.8 Å². The molecule has 1 atom stereocenters. The van der Waals surface area contributed by atoms with Gasteiger partial charge in [0.05, 0.1) is 12.2 Å². The molecule has 1 aromatic carbocycles. The van der Waals surface area contributed by atoms with E-state index >= 15 is 0 Å². The maximum absolute atomic E-state index is 13.4. The van der Waals surface area contributed by atoms with Crippen molar-refractivity contribution in [3.63, 3.8) is 0 Å². The fourth-order valence-electron chi connectivity index (χ4n) is 2.01. The van der Waals surface area contributed by atoms with Crippen LogP contribution in [-0.2, 0) is 11.3 Å². The van der Waals surface area contributed by atoms with Crippen LogP contribution in [0.3, 0.4) is 0 Å². The molecule has 2 rings (SSSR count). The number of nitrogens with one attached hydrogen (secondary N) is 1. The second-order valence-electron chi connectivity index (χ2n) is 4.41. The van der Waals surface area contributed by atoms with Gasteiger partial charge in [0, 0.05) is 19.2 Å². The molecule has 18 heavy (non-hydrogen) atoms. The zero-order chi connectivity index (χ0) is 13.0. The van der Waals surface area contributed by atoms with Gasteiger partial charge in [-0.05, 0) is 30.5 Å². The zero-order valence-corrected chi connectivity index (χ0v) is 9.99. The van der Waals surface area contributed by atoms with Crippen molar-refractivity contribution in [2.75, 3.05) is 13.2 Å². The second-order valence-corrected chi connectivity index (χ2v) is 4.41. The summed E-state index contributed by atoms with van der Waals surface area (Å²) in [5.74, 6) is -1.94. The molecule has 5 heteroatoms. The number of carboxylic acid groups (broad SMARTS) is 1. The third-order valence-corrected chi connectivity index (χ3v) is 3.02. The molecule has 0 saturated carbocycles. The Morgan fingerprint density at radius 1 is 1.56 bits per heavy atom. The first-order valence-electron chi connectivity index (χ1n) is 5.99. The van der Waals surface area contributed by atoms with Crippen molar-refractivity contribution < 1.29 is 19.0 Å². The fraction of sp³-hybridized carbons (Fsp3) is 0.462. The van der Waals surface area contributed by atoms with E-state index in [1.165, 1.54) is 12.1 Å². The lowest BCUT2D eigenvalue weighted by atomic mass is 10.1. The summed E-state index contributed by atoms with van der Waals surface area (Å²) in [6.07, 6.45) is 2.08. The van der Waals surface area contributed by atoms with Gasteiger partial charge in [-0.15, -0.1) is 0 Å². The molecule has 0 amide bonds. The minimum Gasteiger partial charge on any atom is -0.478 e. The molecule has 1 unspecified atom stereocenters. The summed E-state index contributed by atoms with van der Waals surface area (Å²) in [6.45, 7) is 2.00. The van der Waals surface area contributed by atoms with Gasteiger partial charge in [-0.3, -0.25) is 0 Å². The van der Waals surface area contributed by atoms with E-state index in [-0.39, 0.29) is 5.56 Å². The first-order chi connectivity index (χ1) is 8.66. The lowest BCUT2D eigenvalue weighted by Gasteiger charge is -2.23. The Kier molecular flexibility index (Phi) is 4.28. The van der Waals surface area contributed by atoms with Gasteiger partial charge in [0.15, 0.2) is 0 Å². The molecule has 4 nitrogen and oxygen atoms in total. The lowest BCUT2D eigenvalue weighted by molar-refractivity contribution is 0.0692. The molecule has 0 radical (unpaired) electrons. The van der Waals surface area contributed by atoms with E-state index in [9.17, 15) is 9.18 Å². The number of halogens is 1. The predicted octanol–water partition coefficient (Wildman–Crippen LogP) is 1.79. The van der Waals surface area contributed by atoms with Crippen molar-refractivity contribution in [1.82, 2.24) is 5.32 Å². The minimum absolute atomic E-state index is 0.292. The molecule has 2 N–H and O–H groups in total. The number of benzene rings is 1. The topological polar surface area (TPSA) is 58.6 Å². The van der Waals surface area contributed by atoms with Crippen molar-refractivity contribution in [3.8, 4) is 0 Å². The van der Waals surface area contributed by atoms with Crippen LogP contribution in [0.4, 0.5) is 4.39 Å². The van der Waals surface area contributed by atoms with Crippen LogP contribution in [0.5, 0.6) is 0 Å². The predicted molar refractivity (Wildman–Crippen MR) is 64.0 cm³/mol. The van der Waals surface area contributed by atoms with Crippen LogP contribution < -0.4 is 5.32 Å². The Bertz CT molecular complexity index is 430. The van der Waals surface area contributed by atoms with Crippen LogP contribution >= 0.6 is 0 Å². The van der Waals surface area contributed by atoms with Crippen LogP contribution in [0, 0.1) is 5.82 Å². The van der Waals surface area contributed by atoms with Crippen LogP contribution in [0.2, 0.25) is 0 Å². The maximum Gasteiger partial charge on any atom is 0.338 e. The van der Waals surface area contributed by atoms with Crippen molar-refractivity contribution >= 4 is 5.97 Å². The SMILES string of the molecule is O=C(O)c1ccc(CNC2CCCOC2)cc1F. The number of ether oxygens (including phenoxy) is 1. The Morgan fingerprint density at radius 3 is 3.00 bits per heavy atom. The number of aromatic carboxylic acids is 1. The molecule has 0 spiro atoms. The van der Waals surface area contributed by atoms with Crippen molar-refractivity contribution in [2.24, 2.45) is 0 Å². The van der Waals surface area contributed by atoms with E-state index in [1.54, 1.807) is 6.07 Å². The highest BCUT2D eigenvalue weighted by Gasteiger charge is 2.14. The van der Waals surface area contributed by atoms with Crippen LogP contribution in [-0.4, -0.2) is 30.3 Å². The molecule has 1 fully saturated rings. The van der Waals surface area contributed by atoms with E-state index in [0.29, 0.717) is 19.2 Å². The fourth-order valence-corrected chi connectivity index (χ4v) is 2.01. The summed E-state index contributed by atoms with van der Waals surface area (Å²) in [5.41, 5.74) is 0.447. The Balaban J connectivity index is 1.93. The summed E-state index contributed by atoms with van der Waals surface area (Å²) >= 11 is 0. The number of rotatable bonds is 4. The average molecular weight is 253 g/mol. The van der Waals surface area contributed by atoms with Crippen molar-refractivity contribution in [3.05, 3.63) is 35.1 Å². The third-order valence-electron chi connectivity index (χ3n) is 3.02. The minimum atomic E-state index is -1.24. The van der Waals surface area contributed by atoms with Gasteiger partial charge in [0.25, 0.3) is 0 Å². The van der Waals surface area contributed by atoms with Gasteiger partial charge in [-0.2, -0.15) is 0 Å². The molecule has 0 aliphatic carbocycles. The summed E-state index contributed by atoms with van der Waals surface area (Å²) in [7, 11) is 0. The number of carboxylic acids is 1. The Labute approximate surface area is 105 Å². The van der Waals surface area contributed by atoms with Crippen LogP contribution in [0.25, 0.3) is 0 Å². The van der Waals surface area contributed by atoms with Gasteiger partial charge < -0.3 is 15.2 Å². The largest absolute Gasteiger partial charge is 0.478 e. The molecule has 1 aliphatic rings. The quantitative estimate of drug-likeness (QED) is 0.859. The summed E-state index contributed by atoms with van der Waals surface area (Å²) in [4.78, 5) is 10.7. The molecule has 0 aromatic heterocycles. The Hall–Kier alpha value is -1.46. The molecule has 98 valence electrons. The standard InChI is InChI=1S/C13H16FNO3/c14-12-6-9(3-4-11(12)13(16)17)7-15-10-2-1-5-18-8-10/h3-4,6,10,15H,1-2,5,7-8H2,(H,16,17). The van der Waals surface area contributed by atoms with Gasteiger partial charge in [0.1, 0.15) is 5.82 Å². The molecule has 1 aromatic rings. The smallest absolute Gasteiger partial charge is 0.338 e. The van der Waals surface area contributed by atoms with Crippen molar-refractivity contribution in [1.29, 1.82) is 0 Å². The number of carbonyl (C=O) groups is 1. The summed E-state index contributed by atoms with van der Waals surface area (Å²) < 4.78 is 18.8. The average Bonchev–Trinajstić information content (AvgIpc) is 2.37. The molecule has 0 bridgehead atoms. The highest BCUT2D eigenvalue weighted by Crippen LogP contribution is 2.12. The molecular formula is C13H16FNO3. The first kappa shape index (κ1) is 13.0. The molecule has 1 saturated heterocycles. The normalized spacial score (nSPS) is 19.7. The van der Waals surface area contributed by atoms with Crippen LogP contribution in [0.15, 0.2) is 18.2 Å². The molecule has 1 aliphatic heterocycles. The Morgan fingerprint density at radius 2 is 2.39 bits per heavy atom. The first-order valence-corrected chi connectivity index (χ1v) is 5.99. The van der Waals surface area contributed by atoms with E-state index < -0.39 is 11.8 Å². The van der Waals surface area contributed by atoms with E-state index in [1.807, 2.05) is 0 Å². The van der Waals surface area contributed by atoms with Gasteiger partial charge >= 0.3 is 5.97 Å². The van der Waals surface area contributed by atoms with Gasteiger partial charge in [-0.25, -0.2) is 9.18 Å². The summed E-state index contributed by atoms with van der Waals surface area (Å²) in [5, 5.41) is 12.0. The molecule has 1 heterocycles. The number of hydrogen-bond acceptors (Lipinski definition) is 3. The monoisotopic (exact) mass is 253 g/mol. The van der Waals surface area contributed by atoms with E-state index in [2.05, 4.69) is 5.32 Å². The maximum atomic E-state index is 13.4. The number of hydrogen-bond donors (Lipinski definition) is 2. The van der Waals surface area contributed by atoms with E-state index in [4.69, 9.17) is 9.84 Å². The third kappa shape index (κ3) is 3.27. The lowest BCUT2D eigenvalue weighted by Crippen LogP contribution is -2.36. The van der Waals surface area contributed by atoms with Crippen molar-refractivity contribution in [2.45, 2.75) is 25.4 Å². The second kappa shape index (κ2) is 5.93. The van der Waals surface area contributed by atoms with Gasteiger partial charge in [0.2, 0.25) is 0 Å². The highest BCUT2D eigenvalue weighted by atomic mass is 19.1. The summed E-state index contributed by atoms with van der Waals surface area (Å²) in [6, 6.07) is 4.48. The zero-order valence-electron chi connectivity index (χ0n) is 9.99. The van der Waals surface area contributed by atoms with E-state index in [0.717, 1.165) is 25.0 Å².